The maximum atomic E-state index is 6.09. The first-order valence-corrected chi connectivity index (χ1v) is 6.73. The molecule has 1 aromatic carbocycles. The van der Waals surface area contributed by atoms with E-state index in [1.54, 1.807) is 0 Å². The summed E-state index contributed by atoms with van der Waals surface area (Å²) < 4.78 is 5.56. The first-order valence-electron chi connectivity index (χ1n) is 6.73. The Labute approximate surface area is 111 Å². The molecule has 0 spiro atoms. The maximum Gasteiger partial charge on any atom is 0.119 e. The molecule has 0 fully saturated rings. The van der Waals surface area contributed by atoms with Crippen molar-refractivity contribution < 1.29 is 4.74 Å². The number of unbranched alkanes of at least 4 members (excludes halogenated alkanes) is 1. The molecule has 1 unspecified atom stereocenters. The second-order valence-electron chi connectivity index (χ2n) is 5.00. The Bertz CT molecular complexity index is 356. The summed E-state index contributed by atoms with van der Waals surface area (Å²) in [5, 5.41) is 0. The standard InChI is InChI=1S/C16H25NO/c1-4-5-6-15(17)11-14-7-9-16(10-8-14)18-12-13(2)3/h7-10,15H,2,4-6,11-12,17H2,1,3H3. The van der Waals surface area contributed by atoms with Crippen molar-refractivity contribution in [1.82, 2.24) is 0 Å². The fourth-order valence-electron chi connectivity index (χ4n) is 1.80. The quantitative estimate of drug-likeness (QED) is 0.711. The Kier molecular flexibility index (Phi) is 6.51. The van der Waals surface area contributed by atoms with Crippen molar-refractivity contribution in [1.29, 1.82) is 0 Å². The molecule has 100 valence electrons. The van der Waals surface area contributed by atoms with E-state index < -0.39 is 0 Å². The van der Waals surface area contributed by atoms with Crippen LogP contribution in [0.5, 0.6) is 5.75 Å². The maximum absolute atomic E-state index is 6.09. The lowest BCUT2D eigenvalue weighted by atomic mass is 10.0. The molecule has 2 heteroatoms. The van der Waals surface area contributed by atoms with Gasteiger partial charge in [0.15, 0.2) is 0 Å². The molecule has 0 saturated heterocycles. The van der Waals surface area contributed by atoms with Crippen LogP contribution in [0.25, 0.3) is 0 Å². The normalized spacial score (nSPS) is 12.2. The topological polar surface area (TPSA) is 35.2 Å². The molecular formula is C16H25NO. The first kappa shape index (κ1) is 14.8. The Morgan fingerprint density at radius 3 is 2.56 bits per heavy atom. The Morgan fingerprint density at radius 1 is 1.33 bits per heavy atom. The summed E-state index contributed by atoms with van der Waals surface area (Å²) in [6.07, 6.45) is 4.47. The van der Waals surface area contributed by atoms with Crippen LogP contribution in [0.4, 0.5) is 0 Å². The van der Waals surface area contributed by atoms with Gasteiger partial charge in [0.05, 0.1) is 0 Å². The van der Waals surface area contributed by atoms with Crippen LogP contribution in [0, 0.1) is 0 Å². The number of benzene rings is 1. The van der Waals surface area contributed by atoms with Gasteiger partial charge in [-0.25, -0.2) is 0 Å². The van der Waals surface area contributed by atoms with Crippen molar-refractivity contribution >= 4 is 0 Å². The zero-order chi connectivity index (χ0) is 13.4. The Hall–Kier alpha value is -1.28. The van der Waals surface area contributed by atoms with Crippen molar-refractivity contribution in [2.75, 3.05) is 6.61 Å². The summed E-state index contributed by atoms with van der Waals surface area (Å²) in [6, 6.07) is 8.47. The van der Waals surface area contributed by atoms with Crippen molar-refractivity contribution in [2.24, 2.45) is 5.73 Å². The van der Waals surface area contributed by atoms with Gasteiger partial charge in [0.25, 0.3) is 0 Å². The van der Waals surface area contributed by atoms with E-state index in [-0.39, 0.29) is 6.04 Å². The van der Waals surface area contributed by atoms with Crippen molar-refractivity contribution in [2.45, 2.75) is 45.6 Å². The van der Waals surface area contributed by atoms with Gasteiger partial charge < -0.3 is 10.5 Å². The third kappa shape index (κ3) is 5.87. The molecule has 0 saturated carbocycles. The van der Waals surface area contributed by atoms with E-state index in [1.807, 2.05) is 19.1 Å². The van der Waals surface area contributed by atoms with E-state index in [4.69, 9.17) is 10.5 Å². The molecule has 1 aromatic rings. The van der Waals surface area contributed by atoms with Crippen LogP contribution >= 0.6 is 0 Å². The number of rotatable bonds is 8. The molecule has 0 radical (unpaired) electrons. The number of hydrogen-bond donors (Lipinski definition) is 1. The predicted molar refractivity (Wildman–Crippen MR) is 78.0 cm³/mol. The van der Waals surface area contributed by atoms with Crippen molar-refractivity contribution in [3.63, 3.8) is 0 Å². The number of nitrogens with two attached hydrogens (primary N) is 1. The summed E-state index contributed by atoms with van der Waals surface area (Å²) in [7, 11) is 0. The lowest BCUT2D eigenvalue weighted by molar-refractivity contribution is 0.352. The molecule has 18 heavy (non-hydrogen) atoms. The summed E-state index contributed by atoms with van der Waals surface area (Å²) in [5.74, 6) is 0.892. The fraction of sp³-hybridized carbons (Fsp3) is 0.500. The summed E-state index contributed by atoms with van der Waals surface area (Å²) in [4.78, 5) is 0. The molecule has 2 nitrogen and oxygen atoms in total. The van der Waals surface area contributed by atoms with E-state index >= 15 is 0 Å². The second kappa shape index (κ2) is 7.93. The minimum atomic E-state index is 0.270. The highest BCUT2D eigenvalue weighted by molar-refractivity contribution is 5.28. The average Bonchev–Trinajstić information content (AvgIpc) is 2.35. The van der Waals surface area contributed by atoms with Crippen LogP contribution in [0.2, 0.25) is 0 Å². The van der Waals surface area contributed by atoms with Gasteiger partial charge in [-0.2, -0.15) is 0 Å². The van der Waals surface area contributed by atoms with Crippen molar-refractivity contribution in [3.05, 3.63) is 42.0 Å². The minimum Gasteiger partial charge on any atom is -0.489 e. The predicted octanol–water partition coefficient (Wildman–Crippen LogP) is 3.70. The number of ether oxygens (including phenoxy) is 1. The molecule has 2 N–H and O–H groups in total. The summed E-state index contributed by atoms with van der Waals surface area (Å²) >= 11 is 0. The first-order chi connectivity index (χ1) is 8.61. The third-order valence-electron chi connectivity index (χ3n) is 2.83. The molecule has 1 rings (SSSR count). The zero-order valence-electron chi connectivity index (χ0n) is 11.6. The smallest absolute Gasteiger partial charge is 0.119 e. The second-order valence-corrected chi connectivity index (χ2v) is 5.00. The lowest BCUT2D eigenvalue weighted by Crippen LogP contribution is -2.22. The van der Waals surface area contributed by atoms with Crippen LogP contribution < -0.4 is 10.5 Å². The van der Waals surface area contributed by atoms with E-state index in [1.165, 1.54) is 18.4 Å². The van der Waals surface area contributed by atoms with Gasteiger partial charge >= 0.3 is 0 Å². The van der Waals surface area contributed by atoms with Crippen LogP contribution in [0.15, 0.2) is 36.4 Å². The molecule has 0 amide bonds. The molecular weight excluding hydrogens is 222 g/mol. The average molecular weight is 247 g/mol. The van der Waals surface area contributed by atoms with Crippen LogP contribution in [-0.2, 0) is 6.42 Å². The van der Waals surface area contributed by atoms with Gasteiger partial charge in [-0.15, -0.1) is 0 Å². The molecule has 0 aliphatic carbocycles. The lowest BCUT2D eigenvalue weighted by Gasteiger charge is -2.11. The van der Waals surface area contributed by atoms with Gasteiger partial charge in [-0.05, 0) is 43.0 Å². The number of hydrogen-bond acceptors (Lipinski definition) is 2. The SMILES string of the molecule is C=C(C)COc1ccc(CC(N)CCCC)cc1. The highest BCUT2D eigenvalue weighted by Crippen LogP contribution is 2.15. The third-order valence-corrected chi connectivity index (χ3v) is 2.83. The van der Waals surface area contributed by atoms with E-state index in [2.05, 4.69) is 25.6 Å². The molecule has 1 atom stereocenters. The molecule has 0 aliphatic heterocycles. The minimum absolute atomic E-state index is 0.270. The zero-order valence-corrected chi connectivity index (χ0v) is 11.6. The highest BCUT2D eigenvalue weighted by atomic mass is 16.5. The molecule has 0 aliphatic rings. The Morgan fingerprint density at radius 2 is 2.00 bits per heavy atom. The van der Waals surface area contributed by atoms with E-state index in [0.29, 0.717) is 6.61 Å². The van der Waals surface area contributed by atoms with Gasteiger partial charge in [0.2, 0.25) is 0 Å². The van der Waals surface area contributed by atoms with E-state index in [0.717, 1.165) is 24.2 Å². The molecule has 0 bridgehead atoms. The monoisotopic (exact) mass is 247 g/mol. The molecule has 0 heterocycles. The van der Waals surface area contributed by atoms with Gasteiger partial charge in [0.1, 0.15) is 12.4 Å². The Balaban J connectivity index is 2.42. The van der Waals surface area contributed by atoms with Gasteiger partial charge in [-0.1, -0.05) is 38.5 Å². The fourth-order valence-corrected chi connectivity index (χ4v) is 1.80. The largest absolute Gasteiger partial charge is 0.489 e. The summed E-state index contributed by atoms with van der Waals surface area (Å²) in [5.41, 5.74) is 8.39. The molecule has 0 aromatic heterocycles. The van der Waals surface area contributed by atoms with E-state index in [9.17, 15) is 0 Å². The van der Waals surface area contributed by atoms with Gasteiger partial charge in [-0.3, -0.25) is 0 Å². The van der Waals surface area contributed by atoms with Gasteiger partial charge in [0, 0.05) is 6.04 Å². The van der Waals surface area contributed by atoms with Crippen LogP contribution in [0.3, 0.4) is 0 Å². The van der Waals surface area contributed by atoms with Crippen LogP contribution in [-0.4, -0.2) is 12.6 Å². The van der Waals surface area contributed by atoms with Crippen LogP contribution in [0.1, 0.15) is 38.7 Å². The van der Waals surface area contributed by atoms with Crippen molar-refractivity contribution in [3.8, 4) is 5.75 Å². The summed E-state index contributed by atoms with van der Waals surface area (Å²) in [6.45, 7) is 8.55. The highest BCUT2D eigenvalue weighted by Gasteiger charge is 2.03.